The van der Waals surface area contributed by atoms with Crippen molar-refractivity contribution < 1.29 is 9.18 Å². The minimum atomic E-state index is -0.314. The van der Waals surface area contributed by atoms with Crippen LogP contribution in [0.3, 0.4) is 0 Å². The average molecular weight is 323 g/mol. The summed E-state index contributed by atoms with van der Waals surface area (Å²) in [4.78, 5) is 16.7. The van der Waals surface area contributed by atoms with E-state index in [2.05, 4.69) is 10.3 Å². The third-order valence-corrected chi connectivity index (χ3v) is 3.76. The third kappa shape index (κ3) is 3.87. The highest BCUT2D eigenvalue weighted by Crippen LogP contribution is 2.23. The Kier molecular flexibility index (Phi) is 4.70. The minimum Gasteiger partial charge on any atom is -0.346 e. The molecule has 122 valence electrons. The van der Waals surface area contributed by atoms with Gasteiger partial charge >= 0.3 is 0 Å². The smallest absolute Gasteiger partial charge is 0.227 e. The molecule has 2 heterocycles. The third-order valence-electron chi connectivity index (χ3n) is 3.76. The number of rotatable bonds is 5. The molecule has 24 heavy (non-hydrogen) atoms. The van der Waals surface area contributed by atoms with Gasteiger partial charge in [-0.1, -0.05) is 18.2 Å². The van der Waals surface area contributed by atoms with Crippen molar-refractivity contribution in [2.45, 2.75) is 19.4 Å². The molecule has 2 aromatic heterocycles. The van der Waals surface area contributed by atoms with Gasteiger partial charge in [-0.3, -0.25) is 4.79 Å². The van der Waals surface area contributed by atoms with E-state index in [9.17, 15) is 9.18 Å². The molecule has 1 amide bonds. The zero-order valence-corrected chi connectivity index (χ0v) is 13.3. The van der Waals surface area contributed by atoms with Crippen LogP contribution in [0.5, 0.6) is 0 Å². The fraction of sp³-hybridized carbons (Fsp3) is 0.158. The normalized spacial score (nSPS) is 11.9. The molecule has 0 aliphatic rings. The van der Waals surface area contributed by atoms with Gasteiger partial charge in [0.2, 0.25) is 5.91 Å². The van der Waals surface area contributed by atoms with E-state index in [0.717, 1.165) is 11.3 Å². The van der Waals surface area contributed by atoms with Gasteiger partial charge < -0.3 is 9.88 Å². The number of nitrogens with one attached hydrogen (secondary N) is 1. The molecule has 0 fully saturated rings. The summed E-state index contributed by atoms with van der Waals surface area (Å²) in [7, 11) is 0. The molecule has 1 N–H and O–H groups in total. The summed E-state index contributed by atoms with van der Waals surface area (Å²) >= 11 is 0. The van der Waals surface area contributed by atoms with Gasteiger partial charge in [-0.15, -0.1) is 0 Å². The molecule has 1 atom stereocenters. The Balaban J connectivity index is 1.80. The number of pyridine rings is 1. The van der Waals surface area contributed by atoms with Crippen LogP contribution >= 0.6 is 0 Å². The summed E-state index contributed by atoms with van der Waals surface area (Å²) in [5.41, 5.74) is 1.58. The lowest BCUT2D eigenvalue weighted by atomic mass is 10.0. The lowest BCUT2D eigenvalue weighted by Crippen LogP contribution is -2.20. The number of carbonyl (C=O) groups is 1. The number of hydrogen-bond donors (Lipinski definition) is 1. The molecular weight excluding hydrogens is 305 g/mol. The lowest BCUT2D eigenvalue weighted by molar-refractivity contribution is -0.116. The second-order valence-electron chi connectivity index (χ2n) is 5.62. The summed E-state index contributed by atoms with van der Waals surface area (Å²) in [6, 6.07) is 15.3. The van der Waals surface area contributed by atoms with Crippen LogP contribution < -0.4 is 5.32 Å². The zero-order chi connectivity index (χ0) is 16.9. The van der Waals surface area contributed by atoms with Gasteiger partial charge in [0.05, 0.1) is 12.5 Å². The van der Waals surface area contributed by atoms with Crippen LogP contribution in [0.25, 0.3) is 0 Å². The highest BCUT2D eigenvalue weighted by atomic mass is 19.1. The number of halogens is 1. The molecule has 0 radical (unpaired) electrons. The molecule has 0 spiro atoms. The van der Waals surface area contributed by atoms with Gasteiger partial charge in [-0.05, 0) is 48.9 Å². The Labute approximate surface area is 140 Å². The fourth-order valence-electron chi connectivity index (χ4n) is 2.65. The van der Waals surface area contributed by atoms with Gasteiger partial charge in [0.15, 0.2) is 0 Å². The molecule has 0 saturated carbocycles. The molecule has 1 aromatic carbocycles. The fourth-order valence-corrected chi connectivity index (χ4v) is 2.65. The number of aryl methyl sites for hydroxylation is 1. The van der Waals surface area contributed by atoms with Crippen molar-refractivity contribution in [1.82, 2.24) is 9.55 Å². The quantitative estimate of drug-likeness (QED) is 0.773. The summed E-state index contributed by atoms with van der Waals surface area (Å²) in [6.45, 7) is 1.87. The molecule has 0 aliphatic heterocycles. The maximum atomic E-state index is 13.6. The lowest BCUT2D eigenvalue weighted by Gasteiger charge is -2.19. The van der Waals surface area contributed by atoms with Crippen LogP contribution in [0.1, 0.15) is 23.7 Å². The van der Waals surface area contributed by atoms with E-state index in [0.29, 0.717) is 5.82 Å². The Bertz CT molecular complexity index is 830. The van der Waals surface area contributed by atoms with E-state index >= 15 is 0 Å². The molecule has 0 bridgehead atoms. The van der Waals surface area contributed by atoms with E-state index in [-0.39, 0.29) is 24.2 Å². The van der Waals surface area contributed by atoms with Crippen molar-refractivity contribution in [3.63, 3.8) is 0 Å². The molecule has 5 heteroatoms. The van der Waals surface area contributed by atoms with Crippen LogP contribution in [0.4, 0.5) is 10.2 Å². The van der Waals surface area contributed by atoms with Crippen LogP contribution in [0.2, 0.25) is 0 Å². The number of nitrogens with zero attached hydrogens (tertiary/aromatic N) is 2. The van der Waals surface area contributed by atoms with Gasteiger partial charge in [-0.2, -0.15) is 0 Å². The molecule has 0 saturated heterocycles. The summed E-state index contributed by atoms with van der Waals surface area (Å²) < 4.78 is 15.5. The van der Waals surface area contributed by atoms with Crippen molar-refractivity contribution >= 4 is 11.7 Å². The monoisotopic (exact) mass is 323 g/mol. The highest BCUT2D eigenvalue weighted by Gasteiger charge is 2.18. The van der Waals surface area contributed by atoms with Crippen LogP contribution in [-0.4, -0.2) is 15.5 Å². The van der Waals surface area contributed by atoms with Crippen molar-refractivity contribution in [2.24, 2.45) is 0 Å². The van der Waals surface area contributed by atoms with Crippen LogP contribution in [-0.2, 0) is 4.79 Å². The number of hydrogen-bond acceptors (Lipinski definition) is 2. The Morgan fingerprint density at radius 3 is 2.62 bits per heavy atom. The first kappa shape index (κ1) is 15.9. The molecule has 3 rings (SSSR count). The predicted molar refractivity (Wildman–Crippen MR) is 91.2 cm³/mol. The predicted octanol–water partition coefficient (Wildman–Crippen LogP) is 3.95. The van der Waals surface area contributed by atoms with E-state index in [1.54, 1.807) is 12.1 Å². The zero-order valence-electron chi connectivity index (χ0n) is 13.3. The Morgan fingerprint density at radius 1 is 1.17 bits per heavy atom. The number of carbonyl (C=O) groups excluding carboxylic acids is 1. The number of benzene rings is 1. The summed E-state index contributed by atoms with van der Waals surface area (Å²) in [6.07, 6.45) is 3.93. The largest absolute Gasteiger partial charge is 0.346 e. The maximum absolute atomic E-state index is 13.6. The standard InChI is InChI=1S/C19H18FN3O/c1-14-6-4-9-18(21-14)22-19(24)13-17(23-10-2-3-11-23)15-7-5-8-16(20)12-15/h2-12,17H,13H2,1H3,(H,21,22,24)/t17-/m0/s1. The van der Waals surface area contributed by atoms with Crippen molar-refractivity contribution in [3.05, 3.63) is 84.1 Å². The second-order valence-corrected chi connectivity index (χ2v) is 5.62. The molecule has 3 aromatic rings. The molecule has 4 nitrogen and oxygen atoms in total. The average Bonchev–Trinajstić information content (AvgIpc) is 3.07. The number of aromatic nitrogens is 2. The Morgan fingerprint density at radius 2 is 1.92 bits per heavy atom. The van der Waals surface area contributed by atoms with E-state index in [1.165, 1.54) is 12.1 Å². The molecule has 0 aliphatic carbocycles. The maximum Gasteiger partial charge on any atom is 0.227 e. The molecular formula is C19H18FN3O. The summed E-state index contributed by atoms with van der Waals surface area (Å²) in [5, 5.41) is 2.80. The van der Waals surface area contributed by atoms with Gasteiger partial charge in [0, 0.05) is 18.1 Å². The van der Waals surface area contributed by atoms with E-state index in [1.807, 2.05) is 54.2 Å². The SMILES string of the molecule is Cc1cccc(NC(=O)C[C@@H](c2cccc(F)c2)n2cccc2)n1. The van der Waals surface area contributed by atoms with Gasteiger partial charge in [0.1, 0.15) is 11.6 Å². The van der Waals surface area contributed by atoms with E-state index in [4.69, 9.17) is 0 Å². The number of anilines is 1. The second kappa shape index (κ2) is 7.08. The molecule has 0 unspecified atom stereocenters. The van der Waals surface area contributed by atoms with Gasteiger partial charge in [-0.25, -0.2) is 9.37 Å². The summed E-state index contributed by atoms with van der Waals surface area (Å²) in [5.74, 6) is 0.0342. The topological polar surface area (TPSA) is 46.9 Å². The first-order valence-electron chi connectivity index (χ1n) is 7.73. The first-order chi connectivity index (χ1) is 11.6. The van der Waals surface area contributed by atoms with Crippen molar-refractivity contribution in [3.8, 4) is 0 Å². The van der Waals surface area contributed by atoms with Crippen LogP contribution in [0.15, 0.2) is 67.0 Å². The van der Waals surface area contributed by atoms with E-state index < -0.39 is 0 Å². The minimum absolute atomic E-state index is 0.170. The van der Waals surface area contributed by atoms with Crippen molar-refractivity contribution in [2.75, 3.05) is 5.32 Å². The highest BCUT2D eigenvalue weighted by molar-refractivity contribution is 5.90. The number of amides is 1. The Hall–Kier alpha value is -2.95. The van der Waals surface area contributed by atoms with Gasteiger partial charge in [0.25, 0.3) is 0 Å². The van der Waals surface area contributed by atoms with Crippen molar-refractivity contribution in [1.29, 1.82) is 0 Å². The van der Waals surface area contributed by atoms with Crippen LogP contribution in [0, 0.1) is 12.7 Å². The first-order valence-corrected chi connectivity index (χ1v) is 7.73.